The van der Waals surface area contributed by atoms with Crippen LogP contribution in [0.2, 0.25) is 0 Å². The molecule has 0 radical (unpaired) electrons. The molecule has 0 aliphatic heterocycles. The molecule has 3 N–H and O–H groups in total. The van der Waals surface area contributed by atoms with Gasteiger partial charge in [-0.1, -0.05) is 62.2 Å². The molecular weight excluding hydrogens is 513 g/mol. The molecule has 1 aliphatic carbocycles. The van der Waals surface area contributed by atoms with Gasteiger partial charge < -0.3 is 10.3 Å². The van der Waals surface area contributed by atoms with Gasteiger partial charge in [-0.25, -0.2) is 9.37 Å². The summed E-state index contributed by atoms with van der Waals surface area (Å²) in [5.74, 6) is 0.508. The zero-order chi connectivity index (χ0) is 28.3. The first-order valence-corrected chi connectivity index (χ1v) is 14.1. The first kappa shape index (κ1) is 26.4. The van der Waals surface area contributed by atoms with Crippen molar-refractivity contribution in [3.8, 4) is 22.6 Å². The molecule has 1 aliphatic rings. The SMILES string of the molecule is C=C/C(=C\C(=C/C)c1ccc2[nH]nc(-c3nc4c(-c5ccc(F)cc5)cccc4[nH]3)c2c1)NC(=O)C1CCCCC1. The van der Waals surface area contributed by atoms with Crippen molar-refractivity contribution in [3.63, 3.8) is 0 Å². The normalized spacial score (nSPS) is 15.0. The fraction of sp³-hybridized carbons (Fsp3) is 0.206. The first-order valence-electron chi connectivity index (χ1n) is 14.1. The molecule has 2 aromatic heterocycles. The lowest BCUT2D eigenvalue weighted by Gasteiger charge is -2.21. The van der Waals surface area contributed by atoms with Gasteiger partial charge in [0, 0.05) is 22.6 Å². The molecule has 0 unspecified atom stereocenters. The van der Waals surface area contributed by atoms with Crippen molar-refractivity contribution < 1.29 is 9.18 Å². The van der Waals surface area contributed by atoms with Crippen molar-refractivity contribution in [3.05, 3.63) is 103 Å². The minimum atomic E-state index is -0.274. The molecule has 5 aromatic rings. The summed E-state index contributed by atoms with van der Waals surface area (Å²) in [6, 6.07) is 18.5. The number of carbonyl (C=O) groups is 1. The summed E-state index contributed by atoms with van der Waals surface area (Å²) in [4.78, 5) is 21.2. The van der Waals surface area contributed by atoms with E-state index in [0.29, 0.717) is 17.2 Å². The van der Waals surface area contributed by atoms with Gasteiger partial charge in [0.1, 0.15) is 11.5 Å². The van der Waals surface area contributed by atoms with Crippen molar-refractivity contribution in [2.45, 2.75) is 39.0 Å². The number of nitrogens with one attached hydrogen (secondary N) is 3. The van der Waals surface area contributed by atoms with Crippen LogP contribution in [0.15, 0.2) is 91.2 Å². The Labute approximate surface area is 238 Å². The topological polar surface area (TPSA) is 86.5 Å². The van der Waals surface area contributed by atoms with Crippen LogP contribution < -0.4 is 5.32 Å². The predicted molar refractivity (Wildman–Crippen MR) is 163 cm³/mol. The Kier molecular flexibility index (Phi) is 7.33. The van der Waals surface area contributed by atoms with Gasteiger partial charge in [-0.3, -0.25) is 9.89 Å². The fourth-order valence-electron chi connectivity index (χ4n) is 5.64. The highest BCUT2D eigenvalue weighted by atomic mass is 19.1. The summed E-state index contributed by atoms with van der Waals surface area (Å²) < 4.78 is 13.5. The Morgan fingerprint density at radius 2 is 1.85 bits per heavy atom. The van der Waals surface area contributed by atoms with E-state index in [1.807, 2.05) is 49.4 Å². The van der Waals surface area contributed by atoms with Crippen LogP contribution in [0.3, 0.4) is 0 Å². The summed E-state index contributed by atoms with van der Waals surface area (Å²) in [6.07, 6.45) is 11.0. The third-order valence-electron chi connectivity index (χ3n) is 7.87. The molecule has 0 atom stereocenters. The highest BCUT2D eigenvalue weighted by molar-refractivity contribution is 5.98. The molecule has 0 spiro atoms. The van der Waals surface area contributed by atoms with E-state index in [0.717, 1.165) is 69.9 Å². The maximum absolute atomic E-state index is 13.5. The van der Waals surface area contributed by atoms with Gasteiger partial charge in [-0.2, -0.15) is 5.10 Å². The van der Waals surface area contributed by atoms with Gasteiger partial charge in [0.15, 0.2) is 5.82 Å². The van der Waals surface area contributed by atoms with Crippen LogP contribution >= 0.6 is 0 Å². The van der Waals surface area contributed by atoms with E-state index in [1.165, 1.54) is 18.6 Å². The van der Waals surface area contributed by atoms with Gasteiger partial charge in [0.25, 0.3) is 0 Å². The standard InChI is InChI=1S/C34H32FN5O/c1-3-21(19-26(4-2)36-34(41)23-9-6-5-7-10-23)24-15-18-29-28(20-24)32(40-39-29)33-37-30-12-8-11-27(31(30)38-33)22-13-16-25(35)17-14-22/h3-4,8,11-20,23H,2,5-7,9-10H2,1H3,(H,36,41)(H,37,38)(H,39,40)/b21-3+,26-19+. The third-order valence-corrected chi connectivity index (χ3v) is 7.87. The van der Waals surface area contributed by atoms with Crippen LogP contribution in [0.1, 0.15) is 44.6 Å². The number of imidazole rings is 1. The number of benzene rings is 3. The monoisotopic (exact) mass is 545 g/mol. The van der Waals surface area contributed by atoms with Crippen molar-refractivity contribution in [1.82, 2.24) is 25.5 Å². The predicted octanol–water partition coefficient (Wildman–Crippen LogP) is 8.08. The van der Waals surface area contributed by atoms with Crippen LogP contribution in [0.5, 0.6) is 0 Å². The molecule has 206 valence electrons. The number of amides is 1. The summed E-state index contributed by atoms with van der Waals surface area (Å²) in [6.45, 7) is 5.91. The number of rotatable bonds is 7. The molecule has 1 fully saturated rings. The van der Waals surface area contributed by atoms with Crippen molar-refractivity contribution >= 4 is 33.4 Å². The summed E-state index contributed by atoms with van der Waals surface area (Å²) in [7, 11) is 0. The van der Waals surface area contributed by atoms with Crippen LogP contribution in [0.4, 0.5) is 4.39 Å². The number of halogens is 1. The van der Waals surface area contributed by atoms with Gasteiger partial charge in [0.05, 0.1) is 16.6 Å². The van der Waals surface area contributed by atoms with Crippen molar-refractivity contribution in [2.24, 2.45) is 5.92 Å². The average Bonchev–Trinajstić information content (AvgIpc) is 3.64. The Hall–Kier alpha value is -4.78. The maximum Gasteiger partial charge on any atom is 0.227 e. The van der Waals surface area contributed by atoms with Gasteiger partial charge in [0.2, 0.25) is 5.91 Å². The van der Waals surface area contributed by atoms with E-state index < -0.39 is 0 Å². The number of H-pyrrole nitrogens is 2. The lowest BCUT2D eigenvalue weighted by molar-refractivity contribution is -0.125. The molecule has 6 nitrogen and oxygen atoms in total. The second-order valence-corrected chi connectivity index (χ2v) is 10.5. The Morgan fingerprint density at radius 1 is 1.05 bits per heavy atom. The van der Waals surface area contributed by atoms with Crippen LogP contribution in [-0.2, 0) is 4.79 Å². The minimum absolute atomic E-state index is 0.0679. The van der Waals surface area contributed by atoms with Crippen LogP contribution in [-0.4, -0.2) is 26.1 Å². The number of nitrogens with zero attached hydrogens (tertiary/aromatic N) is 2. The smallest absolute Gasteiger partial charge is 0.227 e. The summed E-state index contributed by atoms with van der Waals surface area (Å²) in [5.41, 5.74) is 7.69. The molecule has 1 saturated carbocycles. The number of hydrogen-bond acceptors (Lipinski definition) is 3. The van der Waals surface area contributed by atoms with Gasteiger partial charge in [-0.05, 0) is 78.9 Å². The molecule has 2 heterocycles. The third kappa shape index (κ3) is 5.35. The molecular formula is C34H32FN5O. The van der Waals surface area contributed by atoms with E-state index in [4.69, 9.17) is 4.98 Å². The molecule has 41 heavy (non-hydrogen) atoms. The maximum atomic E-state index is 13.5. The molecule has 7 heteroatoms. The van der Waals surface area contributed by atoms with E-state index in [1.54, 1.807) is 18.2 Å². The molecule has 0 saturated heterocycles. The lowest BCUT2D eigenvalue weighted by Crippen LogP contribution is -2.30. The molecule has 1 amide bonds. The second kappa shape index (κ2) is 11.4. The number of para-hydroxylation sites is 1. The molecule has 0 bridgehead atoms. The largest absolute Gasteiger partial charge is 0.337 e. The first-order chi connectivity index (χ1) is 20.0. The van der Waals surface area contributed by atoms with Gasteiger partial charge >= 0.3 is 0 Å². The summed E-state index contributed by atoms with van der Waals surface area (Å²) in [5, 5.41) is 11.7. The Morgan fingerprint density at radius 3 is 2.61 bits per heavy atom. The quantitative estimate of drug-likeness (QED) is 0.181. The van der Waals surface area contributed by atoms with E-state index >= 15 is 0 Å². The highest BCUT2D eigenvalue weighted by Crippen LogP contribution is 2.33. The van der Waals surface area contributed by atoms with E-state index in [-0.39, 0.29) is 17.6 Å². The van der Waals surface area contributed by atoms with Crippen molar-refractivity contribution in [1.29, 1.82) is 0 Å². The van der Waals surface area contributed by atoms with E-state index in [9.17, 15) is 9.18 Å². The number of aromatic amines is 2. The number of carbonyl (C=O) groups excluding carboxylic acids is 1. The fourth-order valence-corrected chi connectivity index (χ4v) is 5.64. The minimum Gasteiger partial charge on any atom is -0.337 e. The van der Waals surface area contributed by atoms with Gasteiger partial charge in [-0.15, -0.1) is 0 Å². The zero-order valence-corrected chi connectivity index (χ0v) is 23.0. The summed E-state index contributed by atoms with van der Waals surface area (Å²) >= 11 is 0. The number of allylic oxidation sites excluding steroid dienone is 4. The van der Waals surface area contributed by atoms with Crippen molar-refractivity contribution in [2.75, 3.05) is 0 Å². The molecule has 3 aromatic carbocycles. The average molecular weight is 546 g/mol. The molecule has 6 rings (SSSR count). The number of aromatic nitrogens is 4. The van der Waals surface area contributed by atoms with E-state index in [2.05, 4.69) is 33.1 Å². The van der Waals surface area contributed by atoms with Crippen LogP contribution in [0.25, 0.3) is 50.2 Å². The van der Waals surface area contributed by atoms with Crippen LogP contribution in [0, 0.1) is 11.7 Å². The lowest BCUT2D eigenvalue weighted by atomic mass is 9.88. The highest BCUT2D eigenvalue weighted by Gasteiger charge is 2.21. The zero-order valence-electron chi connectivity index (χ0n) is 23.0. The Balaban J connectivity index is 1.33. The number of hydrogen-bond donors (Lipinski definition) is 3. The second-order valence-electron chi connectivity index (χ2n) is 10.5. The Bertz CT molecular complexity index is 1800. The number of fused-ring (bicyclic) bond motifs is 2.